The molecule has 0 aliphatic carbocycles. The van der Waals surface area contributed by atoms with Gasteiger partial charge in [0.2, 0.25) is 0 Å². The van der Waals surface area contributed by atoms with Crippen molar-refractivity contribution in [2.45, 2.75) is 25.3 Å². The molecule has 2 aliphatic rings. The van der Waals surface area contributed by atoms with E-state index in [1.165, 1.54) is 6.07 Å². The Bertz CT molecular complexity index is 523. The molecule has 4 nitrogen and oxygen atoms in total. The van der Waals surface area contributed by atoms with Gasteiger partial charge in [-0.15, -0.1) is 0 Å². The van der Waals surface area contributed by atoms with Gasteiger partial charge in [0.25, 0.3) is 0 Å². The molecule has 0 radical (unpaired) electrons. The standard InChI is InChI=1S/C16H22ClFN4/c17-12-5-3-6-13(18)15(12)14(22-9-1-2-10-22)11-21-16-19-7-4-8-20-16/h3,5-6,14H,1-2,4,7-11H2,(H2,19,20,21). The molecule has 6 heteroatoms. The lowest BCUT2D eigenvalue weighted by Gasteiger charge is -2.30. The van der Waals surface area contributed by atoms with Gasteiger partial charge in [0.15, 0.2) is 5.96 Å². The molecule has 2 aliphatic heterocycles. The summed E-state index contributed by atoms with van der Waals surface area (Å²) in [7, 11) is 0. The molecule has 120 valence electrons. The highest BCUT2D eigenvalue weighted by Crippen LogP contribution is 2.31. The largest absolute Gasteiger partial charge is 0.356 e. The molecule has 0 amide bonds. The number of nitrogens with one attached hydrogen (secondary N) is 2. The fraction of sp³-hybridized carbons (Fsp3) is 0.562. The first-order valence-electron chi connectivity index (χ1n) is 7.96. The average Bonchev–Trinajstić information content (AvgIpc) is 3.05. The van der Waals surface area contributed by atoms with Crippen LogP contribution in [-0.4, -0.2) is 43.6 Å². The van der Waals surface area contributed by atoms with Crippen LogP contribution in [0.4, 0.5) is 4.39 Å². The predicted octanol–water partition coefficient (Wildman–Crippen LogP) is 2.55. The monoisotopic (exact) mass is 324 g/mol. The molecule has 0 spiro atoms. The van der Waals surface area contributed by atoms with Gasteiger partial charge in [-0.3, -0.25) is 9.89 Å². The maximum Gasteiger partial charge on any atom is 0.191 e. The average molecular weight is 325 g/mol. The van der Waals surface area contributed by atoms with Crippen LogP contribution in [-0.2, 0) is 0 Å². The molecule has 1 fully saturated rings. The zero-order valence-corrected chi connectivity index (χ0v) is 13.4. The number of halogens is 2. The summed E-state index contributed by atoms with van der Waals surface area (Å²) in [5.41, 5.74) is 0.593. The number of rotatable bonds is 4. The molecule has 2 heterocycles. The maximum atomic E-state index is 14.3. The van der Waals surface area contributed by atoms with Crippen LogP contribution in [0.25, 0.3) is 0 Å². The summed E-state index contributed by atoms with van der Waals surface area (Å²) < 4.78 is 14.3. The lowest BCUT2D eigenvalue weighted by molar-refractivity contribution is 0.240. The first kappa shape index (κ1) is 15.6. The summed E-state index contributed by atoms with van der Waals surface area (Å²) in [5.74, 6) is 0.577. The van der Waals surface area contributed by atoms with Crippen LogP contribution in [0.15, 0.2) is 23.2 Å². The topological polar surface area (TPSA) is 39.7 Å². The second-order valence-electron chi connectivity index (χ2n) is 5.79. The van der Waals surface area contributed by atoms with Crippen LogP contribution in [0, 0.1) is 5.82 Å². The minimum Gasteiger partial charge on any atom is -0.356 e. The second kappa shape index (κ2) is 7.29. The molecule has 3 rings (SSSR count). The molecule has 1 saturated heterocycles. The van der Waals surface area contributed by atoms with E-state index in [9.17, 15) is 4.39 Å². The summed E-state index contributed by atoms with van der Waals surface area (Å²) in [6.45, 7) is 4.34. The van der Waals surface area contributed by atoms with E-state index in [0.717, 1.165) is 51.4 Å². The SMILES string of the molecule is Fc1cccc(Cl)c1C(CNC1=NCCCN1)N1CCCC1. The Morgan fingerprint density at radius 3 is 2.82 bits per heavy atom. The van der Waals surface area contributed by atoms with Gasteiger partial charge < -0.3 is 10.6 Å². The zero-order chi connectivity index (χ0) is 15.4. The summed E-state index contributed by atoms with van der Waals surface area (Å²) in [5, 5.41) is 7.06. The van der Waals surface area contributed by atoms with Crippen LogP contribution in [0.2, 0.25) is 5.02 Å². The van der Waals surface area contributed by atoms with Crippen LogP contribution in [0.1, 0.15) is 30.9 Å². The molecule has 1 unspecified atom stereocenters. The van der Waals surface area contributed by atoms with E-state index in [1.807, 2.05) is 0 Å². The van der Waals surface area contributed by atoms with Crippen molar-refractivity contribution in [3.63, 3.8) is 0 Å². The minimum atomic E-state index is -0.232. The molecule has 1 aromatic rings. The van der Waals surface area contributed by atoms with Crippen LogP contribution >= 0.6 is 11.6 Å². The van der Waals surface area contributed by atoms with E-state index in [0.29, 0.717) is 17.1 Å². The zero-order valence-electron chi connectivity index (χ0n) is 12.6. The molecule has 0 saturated carbocycles. The van der Waals surface area contributed by atoms with Gasteiger partial charge in [-0.1, -0.05) is 17.7 Å². The fourth-order valence-electron chi connectivity index (χ4n) is 3.14. The second-order valence-corrected chi connectivity index (χ2v) is 6.19. The van der Waals surface area contributed by atoms with Crippen LogP contribution in [0.3, 0.4) is 0 Å². The first-order chi connectivity index (χ1) is 10.8. The van der Waals surface area contributed by atoms with Gasteiger partial charge >= 0.3 is 0 Å². The van der Waals surface area contributed by atoms with Crippen molar-refractivity contribution in [2.24, 2.45) is 4.99 Å². The number of nitrogens with zero attached hydrogens (tertiary/aromatic N) is 2. The van der Waals surface area contributed by atoms with E-state index in [-0.39, 0.29) is 11.9 Å². The third-order valence-corrected chi connectivity index (χ3v) is 4.60. The highest BCUT2D eigenvalue weighted by atomic mass is 35.5. The Hall–Kier alpha value is -1.33. The third-order valence-electron chi connectivity index (χ3n) is 4.27. The number of hydrogen-bond acceptors (Lipinski definition) is 4. The summed E-state index contributed by atoms with van der Waals surface area (Å²) in [4.78, 5) is 6.72. The Labute approximate surface area is 135 Å². The van der Waals surface area contributed by atoms with Gasteiger partial charge in [-0.25, -0.2) is 4.39 Å². The van der Waals surface area contributed by atoms with Gasteiger partial charge in [-0.2, -0.15) is 0 Å². The quantitative estimate of drug-likeness (QED) is 0.894. The van der Waals surface area contributed by atoms with E-state index in [2.05, 4.69) is 20.5 Å². The molecule has 0 aromatic heterocycles. The molecule has 22 heavy (non-hydrogen) atoms. The van der Waals surface area contributed by atoms with E-state index in [1.54, 1.807) is 12.1 Å². The number of likely N-dealkylation sites (tertiary alicyclic amines) is 1. The lowest BCUT2D eigenvalue weighted by atomic mass is 10.0. The summed E-state index contributed by atoms with van der Waals surface area (Å²) in [6.07, 6.45) is 3.36. The number of guanidine groups is 1. The van der Waals surface area contributed by atoms with Crippen molar-refractivity contribution < 1.29 is 4.39 Å². The molecule has 0 bridgehead atoms. The highest BCUT2D eigenvalue weighted by Gasteiger charge is 2.27. The Morgan fingerprint density at radius 1 is 1.32 bits per heavy atom. The van der Waals surface area contributed by atoms with Gasteiger partial charge in [0.1, 0.15) is 5.82 Å². The van der Waals surface area contributed by atoms with Crippen molar-refractivity contribution in [3.8, 4) is 0 Å². The van der Waals surface area contributed by atoms with Crippen molar-refractivity contribution in [1.82, 2.24) is 15.5 Å². The van der Waals surface area contributed by atoms with Crippen molar-refractivity contribution in [1.29, 1.82) is 0 Å². The van der Waals surface area contributed by atoms with Crippen LogP contribution in [0.5, 0.6) is 0 Å². The summed E-state index contributed by atoms with van der Waals surface area (Å²) >= 11 is 6.28. The third kappa shape index (κ3) is 3.52. The molecule has 1 aromatic carbocycles. The van der Waals surface area contributed by atoms with E-state index < -0.39 is 0 Å². The van der Waals surface area contributed by atoms with Gasteiger partial charge in [0.05, 0.1) is 6.04 Å². The number of hydrogen-bond donors (Lipinski definition) is 2. The van der Waals surface area contributed by atoms with Crippen LogP contribution < -0.4 is 10.6 Å². The van der Waals surface area contributed by atoms with Crippen molar-refractivity contribution >= 4 is 17.6 Å². The Morgan fingerprint density at radius 2 is 2.14 bits per heavy atom. The molecular weight excluding hydrogens is 303 g/mol. The summed E-state index contributed by atoms with van der Waals surface area (Å²) in [6, 6.07) is 4.84. The van der Waals surface area contributed by atoms with Gasteiger partial charge in [0, 0.05) is 30.2 Å². The van der Waals surface area contributed by atoms with E-state index in [4.69, 9.17) is 11.6 Å². The van der Waals surface area contributed by atoms with Gasteiger partial charge in [-0.05, 0) is 44.5 Å². The number of benzene rings is 1. The number of aliphatic imine (C=N–C) groups is 1. The predicted molar refractivity (Wildman–Crippen MR) is 87.9 cm³/mol. The highest BCUT2D eigenvalue weighted by molar-refractivity contribution is 6.31. The lowest BCUT2D eigenvalue weighted by Crippen LogP contribution is -2.44. The first-order valence-corrected chi connectivity index (χ1v) is 8.33. The maximum absolute atomic E-state index is 14.3. The molecular formula is C16H22ClFN4. The molecule has 2 N–H and O–H groups in total. The van der Waals surface area contributed by atoms with Crippen molar-refractivity contribution in [2.75, 3.05) is 32.7 Å². The normalized spacial score (nSPS) is 20.4. The van der Waals surface area contributed by atoms with E-state index >= 15 is 0 Å². The van der Waals surface area contributed by atoms with Crippen molar-refractivity contribution in [3.05, 3.63) is 34.6 Å². The fourth-order valence-corrected chi connectivity index (χ4v) is 3.43. The minimum absolute atomic E-state index is 0.0670. The smallest absolute Gasteiger partial charge is 0.191 e. The Balaban J connectivity index is 1.79. The Kier molecular flexibility index (Phi) is 5.16. The molecule has 1 atom stereocenters.